The van der Waals surface area contributed by atoms with Crippen LogP contribution in [0.15, 0.2) is 18.2 Å². The van der Waals surface area contributed by atoms with E-state index in [1.54, 1.807) is 6.07 Å². The van der Waals surface area contributed by atoms with Crippen molar-refractivity contribution in [2.75, 3.05) is 32.8 Å². The molecule has 2 amide bonds. The highest BCUT2D eigenvalue weighted by molar-refractivity contribution is 5.92. The molecular weight excluding hydrogens is 356 g/mol. The first-order valence-electron chi connectivity index (χ1n) is 10.5. The van der Waals surface area contributed by atoms with Crippen LogP contribution in [0.5, 0.6) is 0 Å². The van der Waals surface area contributed by atoms with E-state index >= 15 is 0 Å². The average molecular weight is 386 g/mol. The van der Waals surface area contributed by atoms with Crippen molar-refractivity contribution in [3.8, 4) is 0 Å². The first kappa shape index (κ1) is 19.3. The molecule has 28 heavy (non-hydrogen) atoms. The summed E-state index contributed by atoms with van der Waals surface area (Å²) < 4.78 is 5.67. The summed E-state index contributed by atoms with van der Waals surface area (Å²) in [5.41, 5.74) is 1.22. The molecule has 3 fully saturated rings. The molecule has 3 heterocycles. The number of rotatable bonds is 5. The van der Waals surface area contributed by atoms with E-state index in [1.807, 2.05) is 24.0 Å². The van der Waals surface area contributed by atoms with Crippen LogP contribution in [0.1, 0.15) is 48.3 Å². The Morgan fingerprint density at radius 3 is 2.68 bits per heavy atom. The first-order valence-corrected chi connectivity index (χ1v) is 10.5. The minimum absolute atomic E-state index is 0.0741. The van der Waals surface area contributed by atoms with E-state index in [-0.39, 0.29) is 24.5 Å². The van der Waals surface area contributed by atoms with Crippen LogP contribution in [0.25, 0.3) is 0 Å². The van der Waals surface area contributed by atoms with Crippen molar-refractivity contribution in [3.05, 3.63) is 29.6 Å². The van der Waals surface area contributed by atoms with Gasteiger partial charge in [0.25, 0.3) is 5.91 Å². The largest absolute Gasteiger partial charge is 0.365 e. The molecule has 1 atom stereocenters. The molecule has 1 N–H and O–H groups in total. The van der Waals surface area contributed by atoms with Gasteiger partial charge >= 0.3 is 0 Å². The maximum absolute atomic E-state index is 12.4. The number of ether oxygens (including phenoxy) is 1. The standard InChI is InChI=1S/C21H30N4O3/c1-15-4-2-7-19(23-15)21(27)22-12-18-13-25(20(26)14-28-18)17-8-10-24(11-9-17)16-5-3-6-16/h2,4,7,16-18H,3,5-6,8-14H2,1H3,(H,22,27)/t18-/m0/s1. The summed E-state index contributed by atoms with van der Waals surface area (Å²) in [4.78, 5) is 33.5. The van der Waals surface area contributed by atoms with E-state index in [2.05, 4.69) is 15.2 Å². The number of carbonyl (C=O) groups excluding carboxylic acids is 2. The van der Waals surface area contributed by atoms with E-state index in [4.69, 9.17) is 4.74 Å². The van der Waals surface area contributed by atoms with Gasteiger partial charge < -0.3 is 19.9 Å². The third kappa shape index (κ3) is 4.36. The van der Waals surface area contributed by atoms with Crippen LogP contribution in [-0.2, 0) is 9.53 Å². The molecule has 0 spiro atoms. The monoisotopic (exact) mass is 386 g/mol. The molecule has 1 aromatic heterocycles. The summed E-state index contributed by atoms with van der Waals surface area (Å²) in [7, 11) is 0. The molecular formula is C21H30N4O3. The summed E-state index contributed by atoms with van der Waals surface area (Å²) in [6.45, 7) is 5.07. The lowest BCUT2D eigenvalue weighted by atomic mass is 9.89. The van der Waals surface area contributed by atoms with E-state index in [0.717, 1.165) is 37.7 Å². The molecule has 0 aromatic carbocycles. The third-order valence-corrected chi connectivity index (χ3v) is 6.31. The molecule has 4 rings (SSSR count). The number of hydrogen-bond acceptors (Lipinski definition) is 5. The first-order chi connectivity index (χ1) is 13.6. The molecule has 152 valence electrons. The van der Waals surface area contributed by atoms with Gasteiger partial charge in [-0.3, -0.25) is 9.59 Å². The van der Waals surface area contributed by atoms with Gasteiger partial charge in [-0.15, -0.1) is 0 Å². The van der Waals surface area contributed by atoms with Crippen molar-refractivity contribution in [2.45, 2.75) is 57.2 Å². The number of carbonyl (C=O) groups is 2. The van der Waals surface area contributed by atoms with E-state index in [1.165, 1.54) is 19.3 Å². The Kier molecular flexibility index (Phi) is 5.92. The lowest BCUT2D eigenvalue weighted by molar-refractivity contribution is -0.153. The van der Waals surface area contributed by atoms with Crippen LogP contribution < -0.4 is 5.32 Å². The molecule has 2 aliphatic heterocycles. The van der Waals surface area contributed by atoms with E-state index in [0.29, 0.717) is 24.8 Å². The predicted molar refractivity (Wildman–Crippen MR) is 105 cm³/mol. The Morgan fingerprint density at radius 1 is 1.21 bits per heavy atom. The lowest BCUT2D eigenvalue weighted by Gasteiger charge is -2.45. The summed E-state index contributed by atoms with van der Waals surface area (Å²) in [5, 5.41) is 2.90. The summed E-state index contributed by atoms with van der Waals surface area (Å²) in [5.74, 6) is -0.130. The van der Waals surface area contributed by atoms with Gasteiger partial charge in [0, 0.05) is 44.0 Å². The predicted octanol–water partition coefficient (Wildman–Crippen LogP) is 1.36. The number of aromatic nitrogens is 1. The van der Waals surface area contributed by atoms with Crippen molar-refractivity contribution < 1.29 is 14.3 Å². The average Bonchev–Trinajstić information content (AvgIpc) is 2.66. The number of likely N-dealkylation sites (tertiary alicyclic amines) is 1. The van der Waals surface area contributed by atoms with Crippen molar-refractivity contribution in [1.82, 2.24) is 20.1 Å². The molecule has 2 saturated heterocycles. The van der Waals surface area contributed by atoms with Gasteiger partial charge in [0.15, 0.2) is 0 Å². The minimum atomic E-state index is -0.204. The SMILES string of the molecule is Cc1cccc(C(=O)NC[C@H]2CN(C3CCN(C4CCC4)CC3)C(=O)CO2)n1. The van der Waals surface area contributed by atoms with Crippen LogP contribution in [0.3, 0.4) is 0 Å². The van der Waals surface area contributed by atoms with E-state index < -0.39 is 0 Å². The summed E-state index contributed by atoms with van der Waals surface area (Å²) in [6.07, 6.45) is 5.93. The van der Waals surface area contributed by atoms with Crippen LogP contribution in [-0.4, -0.2) is 77.6 Å². The molecule has 1 aliphatic carbocycles. The topological polar surface area (TPSA) is 74.8 Å². The molecule has 7 heteroatoms. The molecule has 7 nitrogen and oxygen atoms in total. The number of aryl methyl sites for hydroxylation is 1. The zero-order chi connectivity index (χ0) is 19.5. The highest BCUT2D eigenvalue weighted by atomic mass is 16.5. The number of nitrogens with zero attached hydrogens (tertiary/aromatic N) is 3. The van der Waals surface area contributed by atoms with Gasteiger partial charge in [-0.25, -0.2) is 4.98 Å². The smallest absolute Gasteiger partial charge is 0.269 e. The zero-order valence-electron chi connectivity index (χ0n) is 16.6. The van der Waals surface area contributed by atoms with Crippen LogP contribution in [0.2, 0.25) is 0 Å². The molecule has 0 radical (unpaired) electrons. The second kappa shape index (κ2) is 8.57. The van der Waals surface area contributed by atoms with Gasteiger partial charge in [0.05, 0.1) is 6.10 Å². The normalized spacial score (nSPS) is 24.8. The number of pyridine rings is 1. The van der Waals surface area contributed by atoms with Gasteiger partial charge in [-0.1, -0.05) is 12.5 Å². The Labute approximate surface area is 166 Å². The van der Waals surface area contributed by atoms with Gasteiger partial charge in [-0.05, 0) is 44.7 Å². The molecule has 3 aliphatic rings. The maximum Gasteiger partial charge on any atom is 0.269 e. The van der Waals surface area contributed by atoms with Gasteiger partial charge in [-0.2, -0.15) is 0 Å². The third-order valence-electron chi connectivity index (χ3n) is 6.31. The Hall–Kier alpha value is -1.99. The highest BCUT2D eigenvalue weighted by Crippen LogP contribution is 2.29. The van der Waals surface area contributed by atoms with Crippen molar-refractivity contribution in [2.24, 2.45) is 0 Å². The van der Waals surface area contributed by atoms with Crippen molar-refractivity contribution >= 4 is 11.8 Å². The van der Waals surface area contributed by atoms with E-state index in [9.17, 15) is 9.59 Å². The summed E-state index contributed by atoms with van der Waals surface area (Å²) in [6, 6.07) is 6.46. The number of hydrogen-bond donors (Lipinski definition) is 1. The van der Waals surface area contributed by atoms with Gasteiger partial charge in [0.2, 0.25) is 5.91 Å². The number of nitrogens with one attached hydrogen (secondary N) is 1. The molecule has 1 aromatic rings. The molecule has 1 saturated carbocycles. The van der Waals surface area contributed by atoms with Gasteiger partial charge in [0.1, 0.15) is 12.3 Å². The molecule has 0 bridgehead atoms. The fourth-order valence-electron chi connectivity index (χ4n) is 4.40. The fraction of sp³-hybridized carbons (Fsp3) is 0.667. The highest BCUT2D eigenvalue weighted by Gasteiger charge is 2.35. The number of piperidine rings is 1. The van der Waals surface area contributed by atoms with Crippen molar-refractivity contribution in [1.29, 1.82) is 0 Å². The number of morpholine rings is 1. The minimum Gasteiger partial charge on any atom is -0.365 e. The second-order valence-corrected chi connectivity index (χ2v) is 8.21. The van der Waals surface area contributed by atoms with Crippen LogP contribution >= 0.6 is 0 Å². The second-order valence-electron chi connectivity index (χ2n) is 8.21. The Morgan fingerprint density at radius 2 is 2.00 bits per heavy atom. The number of amides is 2. The summed E-state index contributed by atoms with van der Waals surface area (Å²) >= 11 is 0. The Bertz CT molecular complexity index is 713. The zero-order valence-corrected chi connectivity index (χ0v) is 16.6. The van der Waals surface area contributed by atoms with Crippen LogP contribution in [0.4, 0.5) is 0 Å². The fourth-order valence-corrected chi connectivity index (χ4v) is 4.40. The molecule has 0 unspecified atom stereocenters. The Balaban J connectivity index is 1.27. The van der Waals surface area contributed by atoms with Crippen molar-refractivity contribution in [3.63, 3.8) is 0 Å². The quantitative estimate of drug-likeness (QED) is 0.827. The van der Waals surface area contributed by atoms with Crippen LogP contribution in [0, 0.1) is 6.92 Å². The maximum atomic E-state index is 12.4. The lowest BCUT2D eigenvalue weighted by Crippen LogP contribution is -2.57.